The van der Waals surface area contributed by atoms with Crippen LogP contribution in [0.15, 0.2) is 18.0 Å². The van der Waals surface area contributed by atoms with Crippen molar-refractivity contribution in [2.75, 3.05) is 7.11 Å². The van der Waals surface area contributed by atoms with Gasteiger partial charge in [0.05, 0.1) is 13.7 Å². The van der Waals surface area contributed by atoms with E-state index in [0.29, 0.717) is 5.57 Å². The molecular formula is C9H11N3O4. The van der Waals surface area contributed by atoms with Gasteiger partial charge < -0.3 is 9.84 Å². The highest BCUT2D eigenvalue weighted by molar-refractivity contribution is 5.84. The maximum atomic E-state index is 11.0. The van der Waals surface area contributed by atoms with E-state index in [1.807, 2.05) is 0 Å². The Labute approximate surface area is 91.4 Å². The maximum Gasteiger partial charge on any atom is 0.377 e. The third-order valence-corrected chi connectivity index (χ3v) is 1.69. The minimum Gasteiger partial charge on any atom is -0.478 e. The van der Waals surface area contributed by atoms with E-state index < -0.39 is 11.9 Å². The number of carboxylic acids is 1. The molecular weight excluding hydrogens is 214 g/mol. The van der Waals surface area contributed by atoms with Gasteiger partial charge in [0.25, 0.3) is 5.82 Å². The summed E-state index contributed by atoms with van der Waals surface area (Å²) in [6.07, 6.45) is 2.41. The Morgan fingerprint density at radius 1 is 1.62 bits per heavy atom. The smallest absolute Gasteiger partial charge is 0.377 e. The number of allylic oxidation sites excluding steroid dienone is 1. The molecule has 16 heavy (non-hydrogen) atoms. The van der Waals surface area contributed by atoms with E-state index in [2.05, 4.69) is 14.8 Å². The summed E-state index contributed by atoms with van der Waals surface area (Å²) < 4.78 is 5.80. The molecule has 1 N–H and O–H groups in total. The number of hydrogen-bond donors (Lipinski definition) is 1. The molecule has 0 unspecified atom stereocenters. The first kappa shape index (κ1) is 11.9. The van der Waals surface area contributed by atoms with Crippen molar-refractivity contribution in [1.82, 2.24) is 14.8 Å². The van der Waals surface area contributed by atoms with Crippen molar-refractivity contribution >= 4 is 11.9 Å². The summed E-state index contributed by atoms with van der Waals surface area (Å²) in [6.45, 7) is 1.91. The first-order valence-corrected chi connectivity index (χ1v) is 4.40. The van der Waals surface area contributed by atoms with Crippen LogP contribution in [0, 0.1) is 0 Å². The number of carbonyl (C=O) groups is 2. The fraction of sp³-hybridized carbons (Fsp3) is 0.333. The first-order valence-electron chi connectivity index (χ1n) is 4.40. The van der Waals surface area contributed by atoms with Crippen molar-refractivity contribution in [2.45, 2.75) is 13.5 Å². The standard InChI is InChI=1S/C9H11N3O4/c1-6(3-7(13)14)4-12-5-10-8(11-12)9(15)16-2/h3,5H,4H2,1-2H3,(H,13,14). The van der Waals surface area contributed by atoms with Crippen LogP contribution in [0.5, 0.6) is 0 Å². The largest absolute Gasteiger partial charge is 0.478 e. The van der Waals surface area contributed by atoms with E-state index >= 15 is 0 Å². The van der Waals surface area contributed by atoms with Crippen LogP contribution in [-0.4, -0.2) is 38.9 Å². The van der Waals surface area contributed by atoms with Gasteiger partial charge in [0.15, 0.2) is 0 Å². The summed E-state index contributed by atoms with van der Waals surface area (Å²) in [7, 11) is 1.23. The minimum absolute atomic E-state index is 0.0503. The molecule has 1 aromatic rings. The predicted octanol–water partition coefficient (Wildman–Crippen LogP) is 0.0956. The lowest BCUT2D eigenvalue weighted by Crippen LogP contribution is -2.07. The van der Waals surface area contributed by atoms with E-state index in [-0.39, 0.29) is 12.4 Å². The van der Waals surface area contributed by atoms with Crippen LogP contribution in [0.1, 0.15) is 17.5 Å². The molecule has 0 radical (unpaired) electrons. The molecule has 0 spiro atoms. The number of nitrogens with zero attached hydrogens (tertiary/aromatic N) is 3. The number of aromatic nitrogens is 3. The van der Waals surface area contributed by atoms with E-state index in [1.165, 1.54) is 18.1 Å². The molecule has 0 bridgehead atoms. The number of hydrogen-bond acceptors (Lipinski definition) is 5. The fourth-order valence-corrected chi connectivity index (χ4v) is 1.07. The quantitative estimate of drug-likeness (QED) is 0.576. The molecule has 0 fully saturated rings. The van der Waals surface area contributed by atoms with Crippen LogP contribution in [-0.2, 0) is 16.1 Å². The molecule has 7 nitrogen and oxygen atoms in total. The Hall–Kier alpha value is -2.18. The van der Waals surface area contributed by atoms with Crippen LogP contribution in [0.25, 0.3) is 0 Å². The lowest BCUT2D eigenvalue weighted by molar-refractivity contribution is -0.131. The number of carboxylic acid groups (broad SMARTS) is 1. The Kier molecular flexibility index (Phi) is 3.76. The van der Waals surface area contributed by atoms with Crippen molar-refractivity contribution in [1.29, 1.82) is 0 Å². The lowest BCUT2D eigenvalue weighted by atomic mass is 10.3. The van der Waals surface area contributed by atoms with Crippen LogP contribution < -0.4 is 0 Å². The highest BCUT2D eigenvalue weighted by atomic mass is 16.5. The van der Waals surface area contributed by atoms with Crippen molar-refractivity contribution in [2.24, 2.45) is 0 Å². The van der Waals surface area contributed by atoms with E-state index in [1.54, 1.807) is 6.92 Å². The highest BCUT2D eigenvalue weighted by Crippen LogP contribution is 1.99. The number of rotatable bonds is 4. The van der Waals surface area contributed by atoms with Crippen LogP contribution in [0.2, 0.25) is 0 Å². The number of methoxy groups -OCH3 is 1. The number of ether oxygens (including phenoxy) is 1. The zero-order valence-corrected chi connectivity index (χ0v) is 8.88. The molecule has 0 aliphatic heterocycles. The van der Waals surface area contributed by atoms with Gasteiger partial charge in [-0.3, -0.25) is 0 Å². The highest BCUT2D eigenvalue weighted by Gasteiger charge is 2.11. The zero-order chi connectivity index (χ0) is 12.1. The molecule has 0 aliphatic rings. The number of aliphatic carboxylic acids is 1. The average molecular weight is 225 g/mol. The van der Waals surface area contributed by atoms with Crippen molar-refractivity contribution in [3.63, 3.8) is 0 Å². The van der Waals surface area contributed by atoms with Crippen molar-refractivity contribution in [3.05, 3.63) is 23.8 Å². The number of carbonyl (C=O) groups excluding carboxylic acids is 1. The fourth-order valence-electron chi connectivity index (χ4n) is 1.07. The van der Waals surface area contributed by atoms with E-state index in [0.717, 1.165) is 6.08 Å². The second-order valence-corrected chi connectivity index (χ2v) is 3.09. The van der Waals surface area contributed by atoms with Crippen LogP contribution >= 0.6 is 0 Å². The first-order chi connectivity index (χ1) is 7.52. The third-order valence-electron chi connectivity index (χ3n) is 1.69. The summed E-state index contributed by atoms with van der Waals surface area (Å²) in [5.41, 5.74) is 0.591. The second kappa shape index (κ2) is 5.06. The molecule has 0 atom stereocenters. The molecule has 1 aromatic heterocycles. The maximum absolute atomic E-state index is 11.0. The Morgan fingerprint density at radius 2 is 2.31 bits per heavy atom. The summed E-state index contributed by atoms with van der Waals surface area (Å²) in [5, 5.41) is 12.3. The van der Waals surface area contributed by atoms with Gasteiger partial charge in [0, 0.05) is 6.08 Å². The van der Waals surface area contributed by atoms with Gasteiger partial charge in [-0.15, -0.1) is 5.10 Å². The third kappa shape index (κ3) is 3.19. The topological polar surface area (TPSA) is 94.3 Å². The van der Waals surface area contributed by atoms with Crippen LogP contribution in [0.3, 0.4) is 0 Å². The Balaban J connectivity index is 2.73. The zero-order valence-electron chi connectivity index (χ0n) is 8.88. The van der Waals surface area contributed by atoms with Gasteiger partial charge in [-0.2, -0.15) is 0 Å². The van der Waals surface area contributed by atoms with Gasteiger partial charge in [-0.05, 0) is 12.5 Å². The monoisotopic (exact) mass is 225 g/mol. The van der Waals surface area contributed by atoms with E-state index in [4.69, 9.17) is 5.11 Å². The van der Waals surface area contributed by atoms with Gasteiger partial charge in [-0.1, -0.05) is 0 Å². The molecule has 1 rings (SSSR count). The lowest BCUT2D eigenvalue weighted by Gasteiger charge is -1.98. The average Bonchev–Trinajstić information content (AvgIpc) is 2.63. The van der Waals surface area contributed by atoms with Gasteiger partial charge in [-0.25, -0.2) is 19.3 Å². The molecule has 1 heterocycles. The molecule has 86 valence electrons. The van der Waals surface area contributed by atoms with Gasteiger partial charge in [0.1, 0.15) is 6.33 Å². The summed E-state index contributed by atoms with van der Waals surface area (Å²) >= 11 is 0. The van der Waals surface area contributed by atoms with Crippen LogP contribution in [0.4, 0.5) is 0 Å². The Morgan fingerprint density at radius 3 is 2.88 bits per heavy atom. The molecule has 0 saturated heterocycles. The normalized spacial score (nSPS) is 11.2. The van der Waals surface area contributed by atoms with E-state index in [9.17, 15) is 9.59 Å². The summed E-state index contributed by atoms with van der Waals surface area (Å²) in [4.78, 5) is 25.1. The molecule has 7 heteroatoms. The van der Waals surface area contributed by atoms with Gasteiger partial charge in [0.2, 0.25) is 0 Å². The molecule has 0 aromatic carbocycles. The second-order valence-electron chi connectivity index (χ2n) is 3.09. The van der Waals surface area contributed by atoms with Crippen molar-refractivity contribution in [3.8, 4) is 0 Å². The molecule has 0 saturated carbocycles. The molecule has 0 amide bonds. The SMILES string of the molecule is COC(=O)c1ncn(CC(C)=CC(=O)O)n1. The summed E-state index contributed by atoms with van der Waals surface area (Å²) in [6, 6.07) is 0. The minimum atomic E-state index is -1.02. The Bertz CT molecular complexity index is 436. The predicted molar refractivity (Wildman–Crippen MR) is 52.8 cm³/mol. The molecule has 0 aliphatic carbocycles. The van der Waals surface area contributed by atoms with Crippen molar-refractivity contribution < 1.29 is 19.4 Å². The number of esters is 1. The summed E-state index contributed by atoms with van der Waals surface area (Å²) in [5.74, 6) is -1.70. The van der Waals surface area contributed by atoms with Gasteiger partial charge >= 0.3 is 11.9 Å².